The summed E-state index contributed by atoms with van der Waals surface area (Å²) in [6, 6.07) is 5.27. The lowest BCUT2D eigenvalue weighted by atomic mass is 10.2. The van der Waals surface area contributed by atoms with Crippen LogP contribution in [0.4, 0.5) is 5.69 Å². The second-order valence-corrected chi connectivity index (χ2v) is 6.02. The van der Waals surface area contributed by atoms with Crippen LogP contribution in [0.15, 0.2) is 41.1 Å². The third-order valence-electron chi connectivity index (χ3n) is 3.92. The van der Waals surface area contributed by atoms with Gasteiger partial charge in [0.25, 0.3) is 11.5 Å². The number of imide groups is 1. The lowest BCUT2D eigenvalue weighted by molar-refractivity contribution is -0.138. The van der Waals surface area contributed by atoms with Crippen molar-refractivity contribution in [3.05, 3.63) is 46.7 Å². The molecule has 7 nitrogen and oxygen atoms in total. The van der Waals surface area contributed by atoms with Crippen molar-refractivity contribution in [3.63, 3.8) is 0 Å². The molecule has 1 aromatic carbocycles. The van der Waals surface area contributed by atoms with Gasteiger partial charge in [0.1, 0.15) is 0 Å². The lowest BCUT2D eigenvalue weighted by Crippen LogP contribution is -2.31. The zero-order valence-corrected chi connectivity index (χ0v) is 13.7. The molecule has 0 radical (unpaired) electrons. The van der Waals surface area contributed by atoms with Crippen LogP contribution in [0, 0.1) is 0 Å². The van der Waals surface area contributed by atoms with Gasteiger partial charge >= 0.3 is 0 Å². The Labute approximate surface area is 138 Å². The monoisotopic (exact) mass is 326 g/mol. The fraction of sp³-hybridized carbons (Fsp3) is 0.294. The molecule has 0 saturated heterocycles. The number of rotatable bonds is 3. The highest BCUT2D eigenvalue weighted by atomic mass is 16.2. The van der Waals surface area contributed by atoms with Gasteiger partial charge < -0.3 is 5.32 Å². The van der Waals surface area contributed by atoms with E-state index in [9.17, 15) is 14.4 Å². The molecule has 0 aliphatic carbocycles. The third-order valence-corrected chi connectivity index (χ3v) is 3.92. The van der Waals surface area contributed by atoms with Crippen LogP contribution in [0.25, 0.3) is 10.9 Å². The van der Waals surface area contributed by atoms with Gasteiger partial charge in [0, 0.05) is 30.4 Å². The summed E-state index contributed by atoms with van der Waals surface area (Å²) in [5.41, 5.74) is 1.79. The Morgan fingerprint density at radius 2 is 2.04 bits per heavy atom. The molecule has 0 atom stereocenters. The number of carbonyl (C=O) groups excluding carboxylic acids is 2. The second kappa shape index (κ2) is 5.92. The van der Waals surface area contributed by atoms with Gasteiger partial charge in [0.2, 0.25) is 5.91 Å². The number of amides is 2. The first-order valence-corrected chi connectivity index (χ1v) is 7.67. The minimum absolute atomic E-state index is 0.0188. The number of hydrogen-bond donors (Lipinski definition) is 1. The first-order valence-electron chi connectivity index (χ1n) is 7.67. The van der Waals surface area contributed by atoms with Crippen molar-refractivity contribution in [2.75, 3.05) is 11.9 Å². The van der Waals surface area contributed by atoms with Crippen molar-refractivity contribution in [1.29, 1.82) is 0 Å². The van der Waals surface area contributed by atoms with Crippen LogP contribution in [0.2, 0.25) is 0 Å². The van der Waals surface area contributed by atoms with E-state index >= 15 is 0 Å². The number of nitrogens with one attached hydrogen (secondary N) is 1. The highest BCUT2D eigenvalue weighted by Crippen LogP contribution is 2.19. The van der Waals surface area contributed by atoms with Crippen LogP contribution in [0.3, 0.4) is 0 Å². The molecule has 3 rings (SSSR count). The molecule has 124 valence electrons. The summed E-state index contributed by atoms with van der Waals surface area (Å²) in [5.74, 6) is -0.634. The summed E-state index contributed by atoms with van der Waals surface area (Å²) < 4.78 is 1.57. The molecule has 1 aliphatic heterocycles. The predicted molar refractivity (Wildman–Crippen MR) is 90.5 cm³/mol. The van der Waals surface area contributed by atoms with Crippen molar-refractivity contribution in [1.82, 2.24) is 14.5 Å². The van der Waals surface area contributed by atoms with E-state index in [1.54, 1.807) is 29.1 Å². The van der Waals surface area contributed by atoms with Crippen LogP contribution in [0.5, 0.6) is 0 Å². The van der Waals surface area contributed by atoms with Crippen LogP contribution in [0.1, 0.15) is 26.8 Å². The Balaban J connectivity index is 1.93. The number of fused-ring (bicyclic) bond motifs is 1. The average molecular weight is 326 g/mol. The maximum absolute atomic E-state index is 12.5. The van der Waals surface area contributed by atoms with Gasteiger partial charge in [-0.05, 0) is 32.0 Å². The maximum Gasteiger partial charge on any atom is 0.261 e. The zero-order chi connectivity index (χ0) is 17.4. The van der Waals surface area contributed by atoms with E-state index in [1.807, 2.05) is 13.8 Å². The highest BCUT2D eigenvalue weighted by molar-refractivity contribution is 6.03. The van der Waals surface area contributed by atoms with E-state index in [-0.39, 0.29) is 30.0 Å². The predicted octanol–water partition coefficient (Wildman–Crippen LogP) is 1.66. The molecule has 1 aliphatic rings. The number of benzene rings is 1. The highest BCUT2D eigenvalue weighted by Gasteiger charge is 2.24. The molecule has 0 bridgehead atoms. The van der Waals surface area contributed by atoms with Crippen molar-refractivity contribution in [2.45, 2.75) is 26.8 Å². The van der Waals surface area contributed by atoms with Gasteiger partial charge in [-0.15, -0.1) is 0 Å². The first-order chi connectivity index (χ1) is 11.4. The van der Waals surface area contributed by atoms with Gasteiger partial charge in [-0.25, -0.2) is 4.98 Å². The van der Waals surface area contributed by atoms with E-state index < -0.39 is 0 Å². The quantitative estimate of drug-likeness (QED) is 0.927. The molecule has 0 saturated carbocycles. The molecule has 2 heterocycles. The molecule has 0 spiro atoms. The number of hydrogen-bond acceptors (Lipinski definition) is 5. The Kier molecular flexibility index (Phi) is 3.92. The Bertz CT molecular complexity index is 927. The van der Waals surface area contributed by atoms with Gasteiger partial charge in [-0.3, -0.25) is 23.9 Å². The van der Waals surface area contributed by atoms with Gasteiger partial charge in [-0.2, -0.15) is 0 Å². The molecule has 1 aromatic heterocycles. The number of carbonyl (C=O) groups is 2. The maximum atomic E-state index is 12.5. The van der Waals surface area contributed by atoms with E-state index in [4.69, 9.17) is 0 Å². The molecule has 7 heteroatoms. The molecule has 0 fully saturated rings. The molecule has 0 unspecified atom stereocenters. The van der Waals surface area contributed by atoms with E-state index in [0.29, 0.717) is 22.3 Å². The van der Waals surface area contributed by atoms with Crippen molar-refractivity contribution in [2.24, 2.45) is 0 Å². The molecule has 2 aromatic rings. The molecule has 24 heavy (non-hydrogen) atoms. The van der Waals surface area contributed by atoms with Gasteiger partial charge in [0.05, 0.1) is 23.8 Å². The van der Waals surface area contributed by atoms with E-state index in [2.05, 4.69) is 10.3 Å². The standard InChI is InChI=1S/C17H18N4O3/c1-10(2)21-9-18-15-5-4-12(6-14(15)17(21)24)19-13-7-16(23)20(8-13)11(3)22/h4-7,9-10,19H,8H2,1-3H3. The molecule has 2 amide bonds. The Hall–Kier alpha value is -2.96. The summed E-state index contributed by atoms with van der Waals surface area (Å²) in [6.45, 7) is 5.39. The van der Waals surface area contributed by atoms with E-state index in [1.165, 1.54) is 13.0 Å². The van der Waals surface area contributed by atoms with Gasteiger partial charge in [0.15, 0.2) is 0 Å². The summed E-state index contributed by atoms with van der Waals surface area (Å²) in [4.78, 5) is 41.1. The normalized spacial score (nSPS) is 14.4. The summed E-state index contributed by atoms with van der Waals surface area (Å²) in [6.07, 6.45) is 2.94. The van der Waals surface area contributed by atoms with Crippen LogP contribution in [-0.4, -0.2) is 32.8 Å². The number of aromatic nitrogens is 2. The summed E-state index contributed by atoms with van der Waals surface area (Å²) in [7, 11) is 0. The average Bonchev–Trinajstić information content (AvgIpc) is 2.88. The lowest BCUT2D eigenvalue weighted by Gasteiger charge is -2.13. The first kappa shape index (κ1) is 15.9. The molecular weight excluding hydrogens is 308 g/mol. The largest absolute Gasteiger partial charge is 0.357 e. The fourth-order valence-electron chi connectivity index (χ4n) is 2.63. The molecular formula is C17H18N4O3. The minimum Gasteiger partial charge on any atom is -0.357 e. The van der Waals surface area contributed by atoms with Crippen molar-refractivity contribution in [3.8, 4) is 0 Å². The van der Waals surface area contributed by atoms with Crippen LogP contribution in [-0.2, 0) is 9.59 Å². The van der Waals surface area contributed by atoms with Crippen molar-refractivity contribution >= 4 is 28.4 Å². The van der Waals surface area contributed by atoms with Crippen molar-refractivity contribution < 1.29 is 9.59 Å². The minimum atomic E-state index is -0.338. The van der Waals surface area contributed by atoms with Crippen LogP contribution >= 0.6 is 0 Å². The van der Waals surface area contributed by atoms with E-state index in [0.717, 1.165) is 4.90 Å². The smallest absolute Gasteiger partial charge is 0.261 e. The topological polar surface area (TPSA) is 84.3 Å². The number of anilines is 1. The summed E-state index contributed by atoms with van der Waals surface area (Å²) >= 11 is 0. The Morgan fingerprint density at radius 3 is 2.67 bits per heavy atom. The summed E-state index contributed by atoms with van der Waals surface area (Å²) in [5, 5.41) is 3.60. The third kappa shape index (κ3) is 2.80. The SMILES string of the molecule is CC(=O)N1CC(Nc2ccc3ncn(C(C)C)c(=O)c3c2)=CC1=O. The fourth-order valence-corrected chi connectivity index (χ4v) is 2.63. The van der Waals surface area contributed by atoms with Crippen LogP contribution < -0.4 is 10.9 Å². The van der Waals surface area contributed by atoms with Gasteiger partial charge in [-0.1, -0.05) is 0 Å². The second-order valence-electron chi connectivity index (χ2n) is 6.02. The number of nitrogens with zero attached hydrogens (tertiary/aromatic N) is 3. The molecule has 1 N–H and O–H groups in total. The zero-order valence-electron chi connectivity index (χ0n) is 13.7. The Morgan fingerprint density at radius 1 is 1.29 bits per heavy atom.